The van der Waals surface area contributed by atoms with E-state index in [-0.39, 0.29) is 24.2 Å². The molecule has 4 aromatic rings. The molecule has 1 fully saturated rings. The second-order valence-electron chi connectivity index (χ2n) is 7.22. The van der Waals surface area contributed by atoms with Crippen LogP contribution in [0.4, 0.5) is 0 Å². The van der Waals surface area contributed by atoms with Gasteiger partial charge >= 0.3 is 0 Å². The summed E-state index contributed by atoms with van der Waals surface area (Å²) < 4.78 is 39.7. The van der Waals surface area contributed by atoms with Gasteiger partial charge in [0.1, 0.15) is 11.9 Å². The number of aryl methyl sites for hydroxylation is 1. The van der Waals surface area contributed by atoms with Crippen LogP contribution in [-0.4, -0.2) is 51.6 Å². The van der Waals surface area contributed by atoms with E-state index < -0.39 is 10.0 Å². The van der Waals surface area contributed by atoms with Gasteiger partial charge in [0, 0.05) is 18.8 Å². The molecule has 10 heteroatoms. The molecule has 3 heterocycles. The van der Waals surface area contributed by atoms with E-state index in [0.29, 0.717) is 23.0 Å². The highest BCUT2D eigenvalue weighted by molar-refractivity contribution is 7.89. The Hall–Kier alpha value is -3.50. The Morgan fingerprint density at radius 2 is 1.81 bits per heavy atom. The Morgan fingerprint density at radius 1 is 1.06 bits per heavy atom. The topological polar surface area (TPSA) is 103 Å². The normalized spacial score (nSPS) is 15.0. The van der Waals surface area contributed by atoms with Gasteiger partial charge in [0.05, 0.1) is 25.0 Å². The van der Waals surface area contributed by atoms with Crippen molar-refractivity contribution in [3.05, 3.63) is 67.1 Å². The molecule has 9 nitrogen and oxygen atoms in total. The van der Waals surface area contributed by atoms with E-state index in [4.69, 9.17) is 9.26 Å². The van der Waals surface area contributed by atoms with E-state index in [1.165, 1.54) is 16.8 Å². The standard InChI is InChI=1S/C21H19N5O4S/c1-25-13-19(22-14-25)31(27,28)26-11-16(12-26)29-18-10-6-5-9-17(18)21-23-20(24-30-21)15-7-3-2-4-8-15/h2-10,13-14,16H,11-12H2,1H3. The van der Waals surface area contributed by atoms with Gasteiger partial charge < -0.3 is 13.8 Å². The highest BCUT2D eigenvalue weighted by atomic mass is 32.2. The van der Waals surface area contributed by atoms with E-state index in [1.54, 1.807) is 17.7 Å². The molecule has 0 aliphatic carbocycles. The molecule has 0 saturated carbocycles. The summed E-state index contributed by atoms with van der Waals surface area (Å²) in [5, 5.41) is 4.09. The Bertz CT molecular complexity index is 1310. The van der Waals surface area contributed by atoms with Gasteiger partial charge in [-0.15, -0.1) is 0 Å². The van der Waals surface area contributed by atoms with E-state index in [0.717, 1.165) is 5.56 Å². The molecule has 1 saturated heterocycles. The van der Waals surface area contributed by atoms with Crippen LogP contribution in [0.1, 0.15) is 0 Å². The predicted molar refractivity (Wildman–Crippen MR) is 112 cm³/mol. The summed E-state index contributed by atoms with van der Waals surface area (Å²) in [6.07, 6.45) is 2.67. The van der Waals surface area contributed by atoms with Gasteiger partial charge in [-0.1, -0.05) is 47.6 Å². The van der Waals surface area contributed by atoms with Crippen LogP contribution in [0, 0.1) is 0 Å². The fourth-order valence-corrected chi connectivity index (χ4v) is 4.76. The Kier molecular flexibility index (Phi) is 4.79. The second kappa shape index (κ2) is 7.64. The number of hydrogen-bond acceptors (Lipinski definition) is 7. The molecule has 0 bridgehead atoms. The maximum Gasteiger partial charge on any atom is 0.262 e. The largest absolute Gasteiger partial charge is 0.487 e. The smallest absolute Gasteiger partial charge is 0.262 e. The van der Waals surface area contributed by atoms with E-state index in [2.05, 4.69) is 15.1 Å². The minimum absolute atomic E-state index is 0.0353. The van der Waals surface area contributed by atoms with Crippen molar-refractivity contribution in [1.82, 2.24) is 24.0 Å². The Labute approximate surface area is 179 Å². The lowest BCUT2D eigenvalue weighted by atomic mass is 10.1. The van der Waals surface area contributed by atoms with Crippen LogP contribution < -0.4 is 4.74 Å². The maximum absolute atomic E-state index is 12.6. The van der Waals surface area contributed by atoms with E-state index in [9.17, 15) is 8.42 Å². The zero-order valence-corrected chi connectivity index (χ0v) is 17.4. The quantitative estimate of drug-likeness (QED) is 0.457. The number of imidazole rings is 1. The molecule has 158 valence electrons. The Balaban J connectivity index is 1.31. The van der Waals surface area contributed by atoms with Crippen LogP contribution in [0.25, 0.3) is 22.8 Å². The number of para-hydroxylation sites is 1. The molecule has 0 atom stereocenters. The number of ether oxygens (including phenoxy) is 1. The summed E-state index contributed by atoms with van der Waals surface area (Å²) >= 11 is 0. The monoisotopic (exact) mass is 437 g/mol. The average Bonchev–Trinajstić information content (AvgIpc) is 3.41. The van der Waals surface area contributed by atoms with Crippen molar-refractivity contribution in [3.8, 4) is 28.6 Å². The number of nitrogens with zero attached hydrogens (tertiary/aromatic N) is 5. The fraction of sp³-hybridized carbons (Fsp3) is 0.190. The van der Waals surface area contributed by atoms with Crippen LogP contribution in [0.5, 0.6) is 5.75 Å². The molecule has 0 unspecified atom stereocenters. The zero-order valence-electron chi connectivity index (χ0n) is 16.6. The fourth-order valence-electron chi connectivity index (χ4n) is 3.29. The minimum atomic E-state index is -3.62. The third kappa shape index (κ3) is 3.71. The molecule has 0 spiro atoms. The molecular weight excluding hydrogens is 418 g/mol. The van der Waals surface area contributed by atoms with Crippen molar-refractivity contribution >= 4 is 10.0 Å². The molecular formula is C21H19N5O4S. The van der Waals surface area contributed by atoms with Crippen LogP contribution >= 0.6 is 0 Å². The van der Waals surface area contributed by atoms with Crippen LogP contribution in [0.3, 0.4) is 0 Å². The summed E-state index contributed by atoms with van der Waals surface area (Å²) in [6, 6.07) is 16.9. The van der Waals surface area contributed by atoms with Gasteiger partial charge in [-0.3, -0.25) is 0 Å². The van der Waals surface area contributed by atoms with Crippen molar-refractivity contribution in [3.63, 3.8) is 0 Å². The molecule has 5 rings (SSSR count). The molecule has 31 heavy (non-hydrogen) atoms. The van der Waals surface area contributed by atoms with Crippen LogP contribution in [0.15, 0.2) is 76.7 Å². The molecule has 0 N–H and O–H groups in total. The lowest BCUT2D eigenvalue weighted by Crippen LogP contribution is -2.56. The first-order valence-electron chi connectivity index (χ1n) is 9.64. The van der Waals surface area contributed by atoms with Gasteiger partial charge in [-0.05, 0) is 12.1 Å². The minimum Gasteiger partial charge on any atom is -0.487 e. The number of rotatable bonds is 6. The molecule has 2 aromatic heterocycles. The molecule has 0 radical (unpaired) electrons. The summed E-state index contributed by atoms with van der Waals surface area (Å²) in [7, 11) is -1.89. The van der Waals surface area contributed by atoms with Crippen molar-refractivity contribution < 1.29 is 17.7 Å². The van der Waals surface area contributed by atoms with Crippen LogP contribution in [0.2, 0.25) is 0 Å². The maximum atomic E-state index is 12.6. The average molecular weight is 437 g/mol. The molecule has 1 aliphatic rings. The summed E-state index contributed by atoms with van der Waals surface area (Å²) in [5.74, 6) is 1.39. The third-order valence-electron chi connectivity index (χ3n) is 4.97. The number of sulfonamides is 1. The van der Waals surface area contributed by atoms with Gasteiger partial charge in [0.25, 0.3) is 15.9 Å². The zero-order chi connectivity index (χ0) is 21.4. The van der Waals surface area contributed by atoms with Crippen molar-refractivity contribution in [2.45, 2.75) is 11.1 Å². The molecule has 1 aliphatic heterocycles. The first-order valence-corrected chi connectivity index (χ1v) is 11.1. The van der Waals surface area contributed by atoms with E-state index >= 15 is 0 Å². The second-order valence-corrected chi connectivity index (χ2v) is 9.11. The molecule has 2 aromatic carbocycles. The summed E-state index contributed by atoms with van der Waals surface area (Å²) in [4.78, 5) is 8.43. The predicted octanol–water partition coefficient (Wildman–Crippen LogP) is 2.59. The first-order chi connectivity index (χ1) is 15.0. The lowest BCUT2D eigenvalue weighted by Gasteiger charge is -2.37. The highest BCUT2D eigenvalue weighted by Gasteiger charge is 2.39. The van der Waals surface area contributed by atoms with Crippen LogP contribution in [-0.2, 0) is 17.1 Å². The van der Waals surface area contributed by atoms with E-state index in [1.807, 2.05) is 48.5 Å². The Morgan fingerprint density at radius 3 is 2.55 bits per heavy atom. The summed E-state index contributed by atoms with van der Waals surface area (Å²) in [5.41, 5.74) is 1.51. The number of hydrogen-bond donors (Lipinski definition) is 0. The lowest BCUT2D eigenvalue weighted by molar-refractivity contribution is 0.0764. The first kappa shape index (κ1) is 19.5. The molecule has 0 amide bonds. The van der Waals surface area contributed by atoms with Crippen molar-refractivity contribution in [2.75, 3.05) is 13.1 Å². The summed E-state index contributed by atoms with van der Waals surface area (Å²) in [6.45, 7) is 0.485. The number of aromatic nitrogens is 4. The highest BCUT2D eigenvalue weighted by Crippen LogP contribution is 2.32. The number of benzene rings is 2. The van der Waals surface area contributed by atoms with Crippen molar-refractivity contribution in [1.29, 1.82) is 0 Å². The SMILES string of the molecule is Cn1cnc(S(=O)(=O)N2CC(Oc3ccccc3-c3nc(-c4ccccc4)no3)C2)c1. The van der Waals surface area contributed by atoms with Crippen molar-refractivity contribution in [2.24, 2.45) is 7.05 Å². The third-order valence-corrected chi connectivity index (χ3v) is 6.69. The van der Waals surface area contributed by atoms with Gasteiger partial charge in [-0.25, -0.2) is 13.4 Å². The van der Waals surface area contributed by atoms with Gasteiger partial charge in [0.15, 0.2) is 5.03 Å². The van der Waals surface area contributed by atoms with Gasteiger partial charge in [0.2, 0.25) is 5.82 Å². The van der Waals surface area contributed by atoms with Gasteiger partial charge in [-0.2, -0.15) is 9.29 Å².